The molecule has 2 aliphatic rings. The number of fused-ring (bicyclic) bond motifs is 1. The van der Waals surface area contributed by atoms with Crippen molar-refractivity contribution in [2.75, 3.05) is 22.6 Å². The smallest absolute Gasteiger partial charge is 0.414 e. The summed E-state index contributed by atoms with van der Waals surface area (Å²) in [4.78, 5) is 30.4. The van der Waals surface area contributed by atoms with Crippen LogP contribution >= 0.6 is 0 Å². The fourth-order valence-corrected chi connectivity index (χ4v) is 3.71. The van der Waals surface area contributed by atoms with Crippen LogP contribution in [0.1, 0.15) is 33.1 Å². The molecule has 2 heterocycles. The van der Waals surface area contributed by atoms with E-state index in [1.165, 1.54) is 0 Å². The molecule has 1 aromatic carbocycles. The highest BCUT2D eigenvalue weighted by atomic mass is 16.6. The van der Waals surface area contributed by atoms with E-state index in [1.807, 2.05) is 6.07 Å². The third-order valence-corrected chi connectivity index (χ3v) is 5.41. The molecule has 3 N–H and O–H groups in total. The van der Waals surface area contributed by atoms with Gasteiger partial charge in [0.2, 0.25) is 5.91 Å². The minimum absolute atomic E-state index is 0.00427. The lowest BCUT2D eigenvalue weighted by Crippen LogP contribution is -2.33. The molecule has 2 unspecified atom stereocenters. The molecule has 1 aliphatic heterocycles. The molecule has 3 atom stereocenters. The van der Waals surface area contributed by atoms with E-state index >= 15 is 0 Å². The van der Waals surface area contributed by atoms with Crippen LogP contribution in [0.5, 0.6) is 0 Å². The van der Waals surface area contributed by atoms with Crippen LogP contribution in [0, 0.1) is 11.8 Å². The van der Waals surface area contributed by atoms with E-state index in [4.69, 9.17) is 10.5 Å². The van der Waals surface area contributed by atoms with Gasteiger partial charge in [0.05, 0.1) is 11.7 Å². The van der Waals surface area contributed by atoms with E-state index in [0.717, 1.165) is 30.0 Å². The zero-order valence-corrected chi connectivity index (χ0v) is 15.6. The Kier molecular flexibility index (Phi) is 4.37. The van der Waals surface area contributed by atoms with Crippen LogP contribution in [0.2, 0.25) is 0 Å². The van der Waals surface area contributed by atoms with E-state index in [-0.39, 0.29) is 24.0 Å². The van der Waals surface area contributed by atoms with E-state index < -0.39 is 0 Å². The van der Waals surface area contributed by atoms with Gasteiger partial charge >= 0.3 is 6.09 Å². The van der Waals surface area contributed by atoms with Gasteiger partial charge in [0.15, 0.2) is 0 Å². The summed E-state index contributed by atoms with van der Waals surface area (Å²) in [6.45, 7) is 4.53. The number of ether oxygens (including phenoxy) is 1. The lowest BCUT2D eigenvalue weighted by molar-refractivity contribution is -0.117. The van der Waals surface area contributed by atoms with Crippen LogP contribution in [0.15, 0.2) is 24.4 Å². The summed E-state index contributed by atoms with van der Waals surface area (Å²) in [5.41, 5.74) is 7.46. The SMILES string of the molecule is CCCC1COC(=O)N1c1cc(N)c2cnc(NC(=O)C3C[C@@H]3C)cc2c1. The Morgan fingerprint density at radius 3 is 2.89 bits per heavy atom. The molecule has 7 nitrogen and oxygen atoms in total. The van der Waals surface area contributed by atoms with Crippen molar-refractivity contribution in [1.82, 2.24) is 4.98 Å². The number of carbonyl (C=O) groups excluding carboxylic acids is 2. The Morgan fingerprint density at radius 1 is 1.41 bits per heavy atom. The average Bonchev–Trinajstić information content (AvgIpc) is 3.25. The van der Waals surface area contributed by atoms with Gasteiger partial charge in [-0.2, -0.15) is 0 Å². The third-order valence-electron chi connectivity index (χ3n) is 5.41. The number of benzene rings is 1. The van der Waals surface area contributed by atoms with Gasteiger partial charge in [-0.05, 0) is 42.3 Å². The summed E-state index contributed by atoms with van der Waals surface area (Å²) in [6, 6.07) is 5.49. The first-order valence-corrected chi connectivity index (χ1v) is 9.44. The third kappa shape index (κ3) is 3.29. The average molecular weight is 368 g/mol. The Morgan fingerprint density at radius 2 is 2.19 bits per heavy atom. The number of amides is 2. The molecule has 1 saturated heterocycles. The summed E-state index contributed by atoms with van der Waals surface area (Å²) in [6.07, 6.45) is 4.05. The van der Waals surface area contributed by atoms with Gasteiger partial charge in [0.1, 0.15) is 12.4 Å². The Labute approximate surface area is 157 Å². The summed E-state index contributed by atoms with van der Waals surface area (Å²) in [7, 11) is 0. The van der Waals surface area contributed by atoms with Crippen LogP contribution in [0.3, 0.4) is 0 Å². The first kappa shape index (κ1) is 17.6. The molecule has 1 aliphatic carbocycles. The van der Waals surface area contributed by atoms with E-state index in [2.05, 4.69) is 24.1 Å². The first-order chi connectivity index (χ1) is 13.0. The molecule has 27 heavy (non-hydrogen) atoms. The van der Waals surface area contributed by atoms with Crippen molar-refractivity contribution in [3.05, 3.63) is 24.4 Å². The molecule has 142 valence electrons. The first-order valence-electron chi connectivity index (χ1n) is 9.44. The van der Waals surface area contributed by atoms with Crippen molar-refractivity contribution in [3.8, 4) is 0 Å². The number of hydrogen-bond acceptors (Lipinski definition) is 5. The van der Waals surface area contributed by atoms with E-state index in [0.29, 0.717) is 29.7 Å². The lowest BCUT2D eigenvalue weighted by atomic mass is 10.1. The zero-order chi connectivity index (χ0) is 19.1. The van der Waals surface area contributed by atoms with E-state index in [9.17, 15) is 9.59 Å². The quantitative estimate of drug-likeness (QED) is 0.787. The Bertz CT molecular complexity index is 913. The maximum atomic E-state index is 12.2. The van der Waals surface area contributed by atoms with Gasteiger partial charge in [0, 0.05) is 23.2 Å². The Hall–Kier alpha value is -2.83. The lowest BCUT2D eigenvalue weighted by Gasteiger charge is -2.22. The minimum Gasteiger partial charge on any atom is -0.447 e. The molecule has 2 amide bonds. The number of nitrogens with two attached hydrogens (primary N) is 1. The minimum atomic E-state index is -0.350. The van der Waals surface area contributed by atoms with Crippen LogP contribution in [0.4, 0.5) is 22.0 Å². The van der Waals surface area contributed by atoms with Crippen LogP contribution in [-0.4, -0.2) is 29.6 Å². The van der Waals surface area contributed by atoms with Crippen molar-refractivity contribution in [1.29, 1.82) is 0 Å². The molecule has 0 radical (unpaired) electrons. The molecule has 7 heteroatoms. The second-order valence-electron chi connectivity index (χ2n) is 7.52. The molecule has 0 bridgehead atoms. The molecule has 1 aromatic heterocycles. The zero-order valence-electron chi connectivity index (χ0n) is 15.6. The van der Waals surface area contributed by atoms with Crippen molar-refractivity contribution in [2.24, 2.45) is 11.8 Å². The number of pyridine rings is 1. The fraction of sp³-hybridized carbons (Fsp3) is 0.450. The highest BCUT2D eigenvalue weighted by Crippen LogP contribution is 2.38. The van der Waals surface area contributed by atoms with Crippen LogP contribution in [-0.2, 0) is 9.53 Å². The molecule has 4 rings (SSSR count). The summed E-state index contributed by atoms with van der Waals surface area (Å²) < 4.78 is 5.23. The maximum absolute atomic E-state index is 12.2. The maximum Gasteiger partial charge on any atom is 0.414 e. The predicted octanol–water partition coefficient (Wildman–Crippen LogP) is 3.54. The standard InChI is InChI=1S/C20H24N4O3/c1-3-4-13-10-27-20(26)24(13)14-6-12-7-18(22-9-16(12)17(21)8-14)23-19(25)15-5-11(15)2/h6-9,11,13,15H,3-5,10,21H2,1-2H3,(H,22,23,25)/t11-,13?,15?/m0/s1. The van der Waals surface area contributed by atoms with Crippen molar-refractivity contribution in [3.63, 3.8) is 0 Å². The van der Waals surface area contributed by atoms with Gasteiger partial charge in [0.25, 0.3) is 0 Å². The number of nitrogens with zero attached hydrogens (tertiary/aromatic N) is 2. The summed E-state index contributed by atoms with van der Waals surface area (Å²) in [5.74, 6) is 1.01. The van der Waals surface area contributed by atoms with Gasteiger partial charge in [-0.1, -0.05) is 20.3 Å². The number of rotatable bonds is 5. The van der Waals surface area contributed by atoms with Gasteiger partial charge in [-0.15, -0.1) is 0 Å². The van der Waals surface area contributed by atoms with Crippen molar-refractivity contribution >= 4 is 40.0 Å². The van der Waals surface area contributed by atoms with Gasteiger partial charge < -0.3 is 15.8 Å². The fourth-order valence-electron chi connectivity index (χ4n) is 3.71. The number of cyclic esters (lactones) is 1. The van der Waals surface area contributed by atoms with Gasteiger partial charge in [-0.3, -0.25) is 9.69 Å². The highest BCUT2D eigenvalue weighted by Gasteiger charge is 2.39. The van der Waals surface area contributed by atoms with E-state index in [1.54, 1.807) is 23.2 Å². The van der Waals surface area contributed by atoms with Crippen LogP contribution in [0.25, 0.3) is 10.8 Å². The predicted molar refractivity (Wildman–Crippen MR) is 105 cm³/mol. The topological polar surface area (TPSA) is 97.6 Å². The number of carbonyl (C=O) groups is 2. The molecule has 2 fully saturated rings. The number of anilines is 3. The van der Waals surface area contributed by atoms with Crippen LogP contribution < -0.4 is 16.0 Å². The molecule has 1 saturated carbocycles. The molecule has 0 spiro atoms. The van der Waals surface area contributed by atoms with Crippen molar-refractivity contribution in [2.45, 2.75) is 39.2 Å². The Balaban J connectivity index is 1.66. The molecular formula is C20H24N4O3. The summed E-state index contributed by atoms with van der Waals surface area (Å²) >= 11 is 0. The normalized spacial score (nSPS) is 24.1. The van der Waals surface area contributed by atoms with Crippen molar-refractivity contribution < 1.29 is 14.3 Å². The second-order valence-corrected chi connectivity index (χ2v) is 7.52. The number of hydrogen-bond donors (Lipinski definition) is 2. The highest BCUT2D eigenvalue weighted by molar-refractivity contribution is 6.02. The largest absolute Gasteiger partial charge is 0.447 e. The molecular weight excluding hydrogens is 344 g/mol. The number of aromatic nitrogens is 1. The summed E-state index contributed by atoms with van der Waals surface area (Å²) in [5, 5.41) is 4.49. The monoisotopic (exact) mass is 368 g/mol. The molecule has 2 aromatic rings. The number of nitrogen functional groups attached to an aromatic ring is 1. The second kappa shape index (κ2) is 6.72. The number of nitrogens with one attached hydrogen (secondary N) is 1. The van der Waals surface area contributed by atoms with Gasteiger partial charge in [-0.25, -0.2) is 9.78 Å².